The van der Waals surface area contributed by atoms with E-state index in [4.69, 9.17) is 0 Å². The van der Waals surface area contributed by atoms with Gasteiger partial charge >= 0.3 is 0 Å². The molecule has 5 unspecified atom stereocenters. The Hall–Kier alpha value is 0. The summed E-state index contributed by atoms with van der Waals surface area (Å²) >= 11 is 0. The summed E-state index contributed by atoms with van der Waals surface area (Å²) in [7, 11) is 0. The molecule has 2 aliphatic rings. The monoisotopic (exact) mass is 194 g/mol. The zero-order valence-electron chi connectivity index (χ0n) is 10.6. The molecule has 0 N–H and O–H groups in total. The molecule has 0 saturated heterocycles. The minimum absolute atomic E-state index is 0.682. The van der Waals surface area contributed by atoms with Gasteiger partial charge in [0.1, 0.15) is 0 Å². The molecule has 0 bridgehead atoms. The van der Waals surface area contributed by atoms with E-state index >= 15 is 0 Å². The van der Waals surface area contributed by atoms with Gasteiger partial charge in [0.2, 0.25) is 0 Å². The van der Waals surface area contributed by atoms with Gasteiger partial charge in [-0.15, -0.1) is 0 Å². The van der Waals surface area contributed by atoms with Crippen LogP contribution < -0.4 is 0 Å². The molecule has 0 aromatic heterocycles. The summed E-state index contributed by atoms with van der Waals surface area (Å²) in [6.07, 6.45) is 5.83. The van der Waals surface area contributed by atoms with Gasteiger partial charge in [-0.1, -0.05) is 41.0 Å². The van der Waals surface area contributed by atoms with Gasteiger partial charge in [0.15, 0.2) is 0 Å². The lowest BCUT2D eigenvalue weighted by Crippen LogP contribution is -2.53. The fraction of sp³-hybridized carbons (Fsp3) is 1.00. The van der Waals surface area contributed by atoms with E-state index < -0.39 is 0 Å². The van der Waals surface area contributed by atoms with Crippen molar-refractivity contribution in [3.8, 4) is 0 Å². The quantitative estimate of drug-likeness (QED) is 0.607. The van der Waals surface area contributed by atoms with Crippen molar-refractivity contribution in [2.24, 2.45) is 28.6 Å². The fourth-order valence-electron chi connectivity index (χ4n) is 4.60. The molecule has 2 rings (SSSR count). The summed E-state index contributed by atoms with van der Waals surface area (Å²) in [6, 6.07) is 0. The SMILES string of the molecule is CCC(C)C1CCC2(C)C(C)CC12C. The number of rotatable bonds is 2. The van der Waals surface area contributed by atoms with E-state index in [2.05, 4.69) is 34.6 Å². The second-order valence-corrected chi connectivity index (χ2v) is 6.47. The summed E-state index contributed by atoms with van der Waals surface area (Å²) in [4.78, 5) is 0. The van der Waals surface area contributed by atoms with E-state index in [1.165, 1.54) is 25.7 Å². The maximum Gasteiger partial charge on any atom is -0.0236 e. The smallest absolute Gasteiger partial charge is 0.0236 e. The van der Waals surface area contributed by atoms with Crippen molar-refractivity contribution >= 4 is 0 Å². The molecule has 2 fully saturated rings. The Morgan fingerprint density at radius 2 is 1.93 bits per heavy atom. The lowest BCUT2D eigenvalue weighted by molar-refractivity contribution is -0.119. The minimum Gasteiger partial charge on any atom is -0.0651 e. The highest BCUT2D eigenvalue weighted by molar-refractivity contribution is 5.13. The van der Waals surface area contributed by atoms with Crippen molar-refractivity contribution in [2.45, 2.75) is 60.3 Å². The van der Waals surface area contributed by atoms with Crippen LogP contribution in [0.25, 0.3) is 0 Å². The first kappa shape index (κ1) is 10.5. The van der Waals surface area contributed by atoms with Crippen molar-refractivity contribution in [3.05, 3.63) is 0 Å². The topological polar surface area (TPSA) is 0 Å². The molecule has 5 atom stereocenters. The molecule has 0 amide bonds. The van der Waals surface area contributed by atoms with E-state index in [9.17, 15) is 0 Å². The molecular formula is C14H26. The highest BCUT2D eigenvalue weighted by Gasteiger charge is 2.64. The Morgan fingerprint density at radius 1 is 1.29 bits per heavy atom. The van der Waals surface area contributed by atoms with Crippen LogP contribution in [0.5, 0.6) is 0 Å². The van der Waals surface area contributed by atoms with E-state index in [1.807, 2.05) is 0 Å². The lowest BCUT2D eigenvalue weighted by atomic mass is 9.44. The molecular weight excluding hydrogens is 168 g/mol. The van der Waals surface area contributed by atoms with Gasteiger partial charge in [0, 0.05) is 0 Å². The van der Waals surface area contributed by atoms with Crippen LogP contribution in [-0.4, -0.2) is 0 Å². The maximum atomic E-state index is 2.57. The molecule has 0 aliphatic heterocycles. The summed E-state index contributed by atoms with van der Waals surface area (Å²) in [5, 5.41) is 0. The Bertz CT molecular complexity index is 232. The third kappa shape index (κ3) is 1.01. The second kappa shape index (κ2) is 3.00. The Labute approximate surface area is 89.5 Å². The molecule has 0 nitrogen and oxygen atoms in total. The first-order valence-corrected chi connectivity index (χ1v) is 6.45. The standard InChI is InChI=1S/C14H26/c1-6-10(2)12-7-8-13(4)11(3)9-14(12,13)5/h10-12H,6-9H2,1-5H3. The van der Waals surface area contributed by atoms with Crippen LogP contribution in [0.15, 0.2) is 0 Å². The van der Waals surface area contributed by atoms with Crippen molar-refractivity contribution in [1.82, 2.24) is 0 Å². The average Bonchev–Trinajstić information content (AvgIpc) is 2.36. The van der Waals surface area contributed by atoms with Crippen LogP contribution in [0.2, 0.25) is 0 Å². The predicted molar refractivity (Wildman–Crippen MR) is 62.2 cm³/mol. The second-order valence-electron chi connectivity index (χ2n) is 6.47. The third-order valence-electron chi connectivity index (χ3n) is 6.25. The minimum atomic E-state index is 0.682. The van der Waals surface area contributed by atoms with Gasteiger partial charge < -0.3 is 0 Å². The summed E-state index contributed by atoms with van der Waals surface area (Å²) in [5.41, 5.74) is 1.36. The van der Waals surface area contributed by atoms with E-state index in [-0.39, 0.29) is 0 Å². The largest absolute Gasteiger partial charge is 0.0651 e. The van der Waals surface area contributed by atoms with Gasteiger partial charge in [-0.3, -0.25) is 0 Å². The van der Waals surface area contributed by atoms with E-state index in [0.29, 0.717) is 10.8 Å². The highest BCUT2D eigenvalue weighted by atomic mass is 14.7. The summed E-state index contributed by atoms with van der Waals surface area (Å²) in [6.45, 7) is 12.4. The van der Waals surface area contributed by atoms with Crippen molar-refractivity contribution in [1.29, 1.82) is 0 Å². The van der Waals surface area contributed by atoms with Crippen molar-refractivity contribution < 1.29 is 0 Å². The van der Waals surface area contributed by atoms with Gasteiger partial charge in [-0.2, -0.15) is 0 Å². The molecule has 0 heteroatoms. The normalized spacial score (nSPS) is 53.8. The zero-order chi connectivity index (χ0) is 10.6. The molecule has 0 spiro atoms. The Balaban J connectivity index is 2.19. The van der Waals surface area contributed by atoms with E-state index in [1.54, 1.807) is 0 Å². The lowest BCUT2D eigenvalue weighted by Gasteiger charge is -2.60. The fourth-order valence-corrected chi connectivity index (χ4v) is 4.60. The molecule has 2 saturated carbocycles. The van der Waals surface area contributed by atoms with Gasteiger partial charge in [-0.05, 0) is 47.8 Å². The Kier molecular flexibility index (Phi) is 2.25. The van der Waals surface area contributed by atoms with Gasteiger partial charge in [-0.25, -0.2) is 0 Å². The van der Waals surface area contributed by atoms with E-state index in [0.717, 1.165) is 17.8 Å². The van der Waals surface area contributed by atoms with Crippen LogP contribution in [0, 0.1) is 28.6 Å². The van der Waals surface area contributed by atoms with Gasteiger partial charge in [0.05, 0.1) is 0 Å². The molecule has 82 valence electrons. The molecule has 0 aromatic carbocycles. The molecule has 0 heterocycles. The third-order valence-corrected chi connectivity index (χ3v) is 6.25. The number of fused-ring (bicyclic) bond motifs is 1. The van der Waals surface area contributed by atoms with Gasteiger partial charge in [0.25, 0.3) is 0 Å². The Morgan fingerprint density at radius 3 is 2.36 bits per heavy atom. The maximum absolute atomic E-state index is 2.57. The molecule has 2 aliphatic carbocycles. The van der Waals surface area contributed by atoms with Crippen LogP contribution in [-0.2, 0) is 0 Å². The number of hydrogen-bond acceptors (Lipinski definition) is 0. The van der Waals surface area contributed by atoms with Crippen LogP contribution in [0.4, 0.5) is 0 Å². The average molecular weight is 194 g/mol. The predicted octanol–water partition coefficient (Wildman–Crippen LogP) is 4.49. The van der Waals surface area contributed by atoms with Crippen LogP contribution in [0.1, 0.15) is 60.3 Å². The first-order valence-electron chi connectivity index (χ1n) is 6.45. The van der Waals surface area contributed by atoms with Crippen molar-refractivity contribution in [3.63, 3.8) is 0 Å². The summed E-state index contributed by atoms with van der Waals surface area (Å²) in [5.74, 6) is 2.92. The van der Waals surface area contributed by atoms with Crippen molar-refractivity contribution in [2.75, 3.05) is 0 Å². The number of hydrogen-bond donors (Lipinski definition) is 0. The summed E-state index contributed by atoms with van der Waals surface area (Å²) < 4.78 is 0. The molecule has 0 aromatic rings. The van der Waals surface area contributed by atoms with Crippen LogP contribution in [0.3, 0.4) is 0 Å². The highest BCUT2D eigenvalue weighted by Crippen LogP contribution is 2.72. The van der Waals surface area contributed by atoms with Crippen LogP contribution >= 0.6 is 0 Å². The molecule has 14 heavy (non-hydrogen) atoms. The first-order chi connectivity index (χ1) is 6.45. The molecule has 0 radical (unpaired) electrons. The zero-order valence-corrected chi connectivity index (χ0v) is 10.6.